The minimum Gasteiger partial charge on any atom is -0.382 e. The Morgan fingerprint density at radius 2 is 2.00 bits per heavy atom. The Labute approximate surface area is 168 Å². The Morgan fingerprint density at radius 1 is 1.22 bits per heavy atom. The maximum atomic E-state index is 6.21. The fourth-order valence-electron chi connectivity index (χ4n) is 2.78. The number of aromatic nitrogens is 4. The highest BCUT2D eigenvalue weighted by Crippen LogP contribution is 2.32. The average molecular weight is 405 g/mol. The summed E-state index contributed by atoms with van der Waals surface area (Å²) < 4.78 is 2.11. The van der Waals surface area contributed by atoms with Crippen molar-refractivity contribution in [3.63, 3.8) is 0 Å². The van der Waals surface area contributed by atoms with E-state index in [1.54, 1.807) is 11.8 Å². The summed E-state index contributed by atoms with van der Waals surface area (Å²) in [6, 6.07) is 5.98. The van der Waals surface area contributed by atoms with Crippen LogP contribution in [0.3, 0.4) is 0 Å². The maximum Gasteiger partial charge on any atom is 0.175 e. The topological polar surface area (TPSA) is 81.7 Å². The first-order valence-corrected chi connectivity index (χ1v) is 10.1. The van der Waals surface area contributed by atoms with Crippen LogP contribution in [0, 0.1) is 6.92 Å². The molecule has 3 N–H and O–H groups in total. The summed E-state index contributed by atoms with van der Waals surface area (Å²) in [6.45, 7) is 10.2. The van der Waals surface area contributed by atoms with Gasteiger partial charge in [-0.25, -0.2) is 15.0 Å². The molecule has 0 bridgehead atoms. The van der Waals surface area contributed by atoms with Crippen molar-refractivity contribution in [3.8, 4) is 0 Å². The molecule has 8 heteroatoms. The largest absolute Gasteiger partial charge is 0.382 e. The number of anilines is 1. The zero-order chi connectivity index (χ0) is 19.6. The molecule has 1 aromatic carbocycles. The summed E-state index contributed by atoms with van der Waals surface area (Å²) in [6.07, 6.45) is 2.44. The van der Waals surface area contributed by atoms with Crippen LogP contribution in [0.2, 0.25) is 5.02 Å². The number of hydrogen-bond acceptors (Lipinski definition) is 6. The number of hydrogen-bond donors (Lipinski definition) is 2. The second kappa shape index (κ2) is 8.04. The Morgan fingerprint density at radius 3 is 2.70 bits per heavy atom. The second-order valence-electron chi connectivity index (χ2n) is 7.57. The van der Waals surface area contributed by atoms with Crippen LogP contribution in [0.5, 0.6) is 0 Å². The third-order valence-corrected chi connectivity index (χ3v) is 5.15. The number of nitrogen functional groups attached to an aromatic ring is 1. The van der Waals surface area contributed by atoms with E-state index in [-0.39, 0.29) is 5.54 Å². The lowest BCUT2D eigenvalue weighted by molar-refractivity contribution is 0.412. The molecule has 0 spiro atoms. The number of aryl methyl sites for hydroxylation is 2. The molecule has 0 atom stereocenters. The number of nitrogens with zero attached hydrogens (tertiary/aromatic N) is 4. The van der Waals surface area contributed by atoms with Gasteiger partial charge in [0.05, 0.1) is 0 Å². The summed E-state index contributed by atoms with van der Waals surface area (Å²) in [5.41, 5.74) is 8.64. The van der Waals surface area contributed by atoms with Crippen molar-refractivity contribution in [1.82, 2.24) is 24.8 Å². The zero-order valence-electron chi connectivity index (χ0n) is 16.1. The molecule has 0 saturated carbocycles. The number of halogens is 1. The third kappa shape index (κ3) is 5.12. The van der Waals surface area contributed by atoms with E-state index < -0.39 is 0 Å². The highest BCUT2D eigenvalue weighted by molar-refractivity contribution is 7.99. The van der Waals surface area contributed by atoms with Gasteiger partial charge in [-0.15, -0.1) is 0 Å². The van der Waals surface area contributed by atoms with Gasteiger partial charge in [-0.2, -0.15) is 0 Å². The molecule has 0 aliphatic rings. The standard InChI is InChI=1S/C19H25ClN6S/c1-12-8-13(20)10-14(9-12)27-18-25-15-16(21)22-11-23-17(15)26(18)7-5-6-24-19(2,3)4/h8-11,24H,5-7H2,1-4H3,(H2,21,22,23). The van der Waals surface area contributed by atoms with E-state index in [1.165, 1.54) is 6.33 Å². The molecule has 0 fully saturated rings. The fourth-order valence-corrected chi connectivity index (χ4v) is 4.20. The number of fused-ring (bicyclic) bond motifs is 1. The highest BCUT2D eigenvalue weighted by Gasteiger charge is 2.16. The van der Waals surface area contributed by atoms with Crippen molar-refractivity contribution in [3.05, 3.63) is 35.1 Å². The SMILES string of the molecule is Cc1cc(Cl)cc(Sc2nc3c(N)ncnc3n2CCCNC(C)(C)C)c1. The van der Waals surface area contributed by atoms with Gasteiger partial charge in [0.25, 0.3) is 0 Å². The number of imidazole rings is 1. The van der Waals surface area contributed by atoms with Crippen LogP contribution in [-0.2, 0) is 6.54 Å². The van der Waals surface area contributed by atoms with Crippen molar-refractivity contribution in [2.24, 2.45) is 0 Å². The van der Waals surface area contributed by atoms with E-state index in [0.29, 0.717) is 16.4 Å². The lowest BCUT2D eigenvalue weighted by Crippen LogP contribution is -2.36. The lowest BCUT2D eigenvalue weighted by Gasteiger charge is -2.20. The average Bonchev–Trinajstić information content (AvgIpc) is 2.89. The van der Waals surface area contributed by atoms with Crippen molar-refractivity contribution in [1.29, 1.82) is 0 Å². The summed E-state index contributed by atoms with van der Waals surface area (Å²) in [5, 5.41) is 5.07. The first-order valence-electron chi connectivity index (χ1n) is 8.90. The predicted molar refractivity (Wildman–Crippen MR) is 112 cm³/mol. The molecule has 27 heavy (non-hydrogen) atoms. The van der Waals surface area contributed by atoms with Crippen LogP contribution >= 0.6 is 23.4 Å². The molecular weight excluding hydrogens is 380 g/mol. The van der Waals surface area contributed by atoms with Gasteiger partial charge in [0.1, 0.15) is 6.33 Å². The Kier molecular flexibility index (Phi) is 5.93. The van der Waals surface area contributed by atoms with Crippen LogP contribution < -0.4 is 11.1 Å². The molecule has 0 unspecified atom stereocenters. The van der Waals surface area contributed by atoms with E-state index in [9.17, 15) is 0 Å². The van der Waals surface area contributed by atoms with Crippen molar-refractivity contribution < 1.29 is 0 Å². The third-order valence-electron chi connectivity index (χ3n) is 3.96. The second-order valence-corrected chi connectivity index (χ2v) is 9.05. The molecule has 0 aliphatic heterocycles. The van der Waals surface area contributed by atoms with Gasteiger partial charge in [0, 0.05) is 22.0 Å². The minimum absolute atomic E-state index is 0.0967. The summed E-state index contributed by atoms with van der Waals surface area (Å²) in [5.74, 6) is 0.399. The Balaban J connectivity index is 1.89. The van der Waals surface area contributed by atoms with E-state index >= 15 is 0 Å². The van der Waals surface area contributed by atoms with Gasteiger partial charge in [0.15, 0.2) is 22.1 Å². The molecule has 2 aromatic heterocycles. The Bertz CT molecular complexity index is 927. The molecular formula is C19H25ClN6S. The number of benzene rings is 1. The van der Waals surface area contributed by atoms with Crippen LogP contribution in [0.25, 0.3) is 11.2 Å². The molecule has 3 aromatic rings. The molecule has 0 aliphatic carbocycles. The summed E-state index contributed by atoms with van der Waals surface area (Å²) in [4.78, 5) is 14.2. The minimum atomic E-state index is 0.0967. The van der Waals surface area contributed by atoms with Gasteiger partial charge < -0.3 is 15.6 Å². The van der Waals surface area contributed by atoms with E-state index in [4.69, 9.17) is 22.3 Å². The van der Waals surface area contributed by atoms with Crippen molar-refractivity contribution in [2.75, 3.05) is 12.3 Å². The first-order chi connectivity index (χ1) is 12.7. The quantitative estimate of drug-likeness (QED) is 0.596. The van der Waals surface area contributed by atoms with Crippen molar-refractivity contribution in [2.45, 2.75) is 56.3 Å². The number of nitrogens with one attached hydrogen (secondary N) is 1. The normalized spacial score (nSPS) is 12.0. The monoisotopic (exact) mass is 404 g/mol. The molecule has 0 saturated heterocycles. The highest BCUT2D eigenvalue weighted by atomic mass is 35.5. The van der Waals surface area contributed by atoms with Gasteiger partial charge in [0.2, 0.25) is 0 Å². The molecule has 6 nitrogen and oxygen atoms in total. The molecule has 144 valence electrons. The fraction of sp³-hybridized carbons (Fsp3) is 0.421. The molecule has 0 radical (unpaired) electrons. The van der Waals surface area contributed by atoms with Crippen molar-refractivity contribution >= 4 is 40.3 Å². The first kappa shape index (κ1) is 19.9. The van der Waals surface area contributed by atoms with E-state index in [2.05, 4.69) is 46.7 Å². The molecule has 0 amide bonds. The maximum absolute atomic E-state index is 6.21. The van der Waals surface area contributed by atoms with Gasteiger partial charge in [-0.05, 0) is 64.4 Å². The van der Waals surface area contributed by atoms with Crippen LogP contribution in [0.15, 0.2) is 34.6 Å². The molecule has 2 heterocycles. The molecule has 3 rings (SSSR count). The Hall–Kier alpha value is -1.83. The summed E-state index contributed by atoms with van der Waals surface area (Å²) in [7, 11) is 0. The van der Waals surface area contributed by atoms with Crippen LogP contribution in [0.1, 0.15) is 32.8 Å². The van der Waals surface area contributed by atoms with Gasteiger partial charge >= 0.3 is 0 Å². The number of rotatable bonds is 6. The number of nitrogens with two attached hydrogens (primary N) is 1. The van der Waals surface area contributed by atoms with E-state index in [0.717, 1.165) is 40.8 Å². The van der Waals surface area contributed by atoms with E-state index in [1.807, 2.05) is 19.1 Å². The van der Waals surface area contributed by atoms with Crippen LogP contribution in [0.4, 0.5) is 5.82 Å². The summed E-state index contributed by atoms with van der Waals surface area (Å²) >= 11 is 7.78. The van der Waals surface area contributed by atoms with Gasteiger partial charge in [-0.1, -0.05) is 23.4 Å². The van der Waals surface area contributed by atoms with Crippen LogP contribution in [-0.4, -0.2) is 31.6 Å². The zero-order valence-corrected chi connectivity index (χ0v) is 17.7. The predicted octanol–water partition coefficient (Wildman–Crippen LogP) is 4.30. The smallest absolute Gasteiger partial charge is 0.175 e. The lowest BCUT2D eigenvalue weighted by atomic mass is 10.1. The van der Waals surface area contributed by atoms with Gasteiger partial charge in [-0.3, -0.25) is 0 Å².